The van der Waals surface area contributed by atoms with Crippen molar-refractivity contribution in [2.24, 2.45) is 0 Å². The van der Waals surface area contributed by atoms with Gasteiger partial charge in [0.2, 0.25) is 21.8 Å². The molecule has 0 unspecified atom stereocenters. The molecule has 0 aliphatic rings. The van der Waals surface area contributed by atoms with Crippen LogP contribution in [0.15, 0.2) is 42.5 Å². The Bertz CT molecular complexity index is 1260. The first-order valence-electron chi connectivity index (χ1n) is 11.7. The minimum atomic E-state index is -4.85. The number of halogens is 4. The third kappa shape index (κ3) is 8.26. The highest BCUT2D eigenvalue weighted by atomic mass is 35.5. The first-order valence-corrected chi connectivity index (χ1v) is 13.9. The summed E-state index contributed by atoms with van der Waals surface area (Å²) in [6.07, 6.45) is -3.87. The number of anilines is 1. The Morgan fingerprint density at radius 1 is 1.13 bits per heavy atom. The van der Waals surface area contributed by atoms with Crippen LogP contribution in [0.3, 0.4) is 0 Å². The Kier molecular flexibility index (Phi) is 10.4. The number of ether oxygens (including phenoxy) is 1. The summed E-state index contributed by atoms with van der Waals surface area (Å²) < 4.78 is 71.4. The van der Waals surface area contributed by atoms with Crippen molar-refractivity contribution in [1.29, 1.82) is 0 Å². The molecule has 2 aromatic rings. The lowest BCUT2D eigenvalue weighted by Gasteiger charge is -2.33. The Hall–Kier alpha value is -2.99. The number of hydrogen-bond acceptors (Lipinski definition) is 5. The number of methoxy groups -OCH3 is 1. The quantitative estimate of drug-likeness (QED) is 0.425. The maximum absolute atomic E-state index is 13.6. The van der Waals surface area contributed by atoms with Crippen LogP contribution in [0.4, 0.5) is 18.9 Å². The number of nitrogens with zero attached hydrogens (tertiary/aromatic N) is 2. The zero-order valence-corrected chi connectivity index (χ0v) is 23.2. The van der Waals surface area contributed by atoms with E-state index in [1.807, 2.05) is 0 Å². The maximum Gasteiger partial charge on any atom is 0.417 e. The first-order chi connectivity index (χ1) is 17.6. The number of hydrogen-bond donors (Lipinski definition) is 1. The lowest BCUT2D eigenvalue weighted by Crippen LogP contribution is -2.53. The molecule has 0 fully saturated rings. The van der Waals surface area contributed by atoms with Crippen LogP contribution in [0.2, 0.25) is 5.02 Å². The van der Waals surface area contributed by atoms with Gasteiger partial charge in [0.05, 0.1) is 29.6 Å². The van der Waals surface area contributed by atoms with E-state index in [4.69, 9.17) is 16.3 Å². The zero-order chi connectivity index (χ0) is 28.8. The highest BCUT2D eigenvalue weighted by Gasteiger charge is 2.36. The van der Waals surface area contributed by atoms with Crippen LogP contribution < -0.4 is 14.4 Å². The fourth-order valence-corrected chi connectivity index (χ4v) is 4.83. The van der Waals surface area contributed by atoms with Gasteiger partial charge in [-0.25, -0.2) is 8.42 Å². The minimum absolute atomic E-state index is 0.0773. The minimum Gasteiger partial charge on any atom is -0.497 e. The van der Waals surface area contributed by atoms with E-state index in [0.717, 1.165) is 18.4 Å². The summed E-state index contributed by atoms with van der Waals surface area (Å²) in [6.45, 7) is 4.28. The van der Waals surface area contributed by atoms with E-state index in [2.05, 4.69) is 5.32 Å². The standard InChI is InChI=1S/C25H31ClF3N3O5S/c1-6-22(24(34)30-16(2)3)31(14-17-8-7-9-19(12-17)37-4)23(33)15-32(38(5,35)36)18-10-11-21(26)20(13-18)25(27,28)29/h7-13,16,22H,6,14-15H2,1-5H3,(H,30,34)/t22-/m0/s1. The van der Waals surface area contributed by atoms with Gasteiger partial charge >= 0.3 is 6.18 Å². The predicted molar refractivity (Wildman–Crippen MR) is 140 cm³/mol. The van der Waals surface area contributed by atoms with Crippen molar-refractivity contribution in [3.8, 4) is 5.75 Å². The van der Waals surface area contributed by atoms with Gasteiger partial charge in [0.1, 0.15) is 18.3 Å². The van der Waals surface area contributed by atoms with Crippen molar-refractivity contribution >= 4 is 39.1 Å². The lowest BCUT2D eigenvalue weighted by atomic mass is 10.1. The number of sulfonamides is 1. The van der Waals surface area contributed by atoms with Crippen molar-refractivity contribution in [3.63, 3.8) is 0 Å². The highest BCUT2D eigenvalue weighted by Crippen LogP contribution is 2.37. The molecule has 13 heteroatoms. The third-order valence-electron chi connectivity index (χ3n) is 5.53. The van der Waals surface area contributed by atoms with Gasteiger partial charge in [-0.3, -0.25) is 13.9 Å². The van der Waals surface area contributed by atoms with Crippen LogP contribution in [-0.4, -0.2) is 57.1 Å². The van der Waals surface area contributed by atoms with Crippen molar-refractivity contribution in [2.45, 2.75) is 52.0 Å². The maximum atomic E-state index is 13.6. The molecule has 210 valence electrons. The van der Waals surface area contributed by atoms with E-state index in [1.165, 1.54) is 12.0 Å². The molecule has 0 aromatic heterocycles. The highest BCUT2D eigenvalue weighted by molar-refractivity contribution is 7.92. The normalized spacial score (nSPS) is 12.7. The molecule has 0 spiro atoms. The molecule has 8 nitrogen and oxygen atoms in total. The predicted octanol–water partition coefficient (Wildman–Crippen LogP) is 4.47. The number of carbonyl (C=O) groups is 2. The van der Waals surface area contributed by atoms with Gasteiger partial charge in [-0.15, -0.1) is 0 Å². The van der Waals surface area contributed by atoms with Crippen LogP contribution in [0.1, 0.15) is 38.3 Å². The molecule has 0 bridgehead atoms. The molecule has 0 saturated carbocycles. The summed E-state index contributed by atoms with van der Waals surface area (Å²) in [7, 11) is -2.75. The van der Waals surface area contributed by atoms with Crippen LogP contribution >= 0.6 is 11.6 Å². The molecule has 0 aliphatic carbocycles. The van der Waals surface area contributed by atoms with E-state index < -0.39 is 56.9 Å². The van der Waals surface area contributed by atoms with E-state index in [0.29, 0.717) is 21.7 Å². The summed E-state index contributed by atoms with van der Waals surface area (Å²) in [5.74, 6) is -0.726. The molecule has 2 amide bonds. The van der Waals surface area contributed by atoms with Crippen molar-refractivity contribution in [2.75, 3.05) is 24.2 Å². The third-order valence-corrected chi connectivity index (χ3v) is 7.00. The molecule has 2 rings (SSSR count). The number of carbonyl (C=O) groups excluding carboxylic acids is 2. The Morgan fingerprint density at radius 3 is 2.32 bits per heavy atom. The lowest BCUT2D eigenvalue weighted by molar-refractivity contribution is -0.140. The fourth-order valence-electron chi connectivity index (χ4n) is 3.77. The number of alkyl halides is 3. The summed E-state index contributed by atoms with van der Waals surface area (Å²) in [4.78, 5) is 27.8. The fraction of sp³-hybridized carbons (Fsp3) is 0.440. The molecule has 2 aromatic carbocycles. The monoisotopic (exact) mass is 577 g/mol. The molecule has 1 N–H and O–H groups in total. The molecule has 0 aliphatic heterocycles. The molecule has 38 heavy (non-hydrogen) atoms. The Morgan fingerprint density at radius 2 is 1.79 bits per heavy atom. The van der Waals surface area contributed by atoms with Gasteiger partial charge in [0.25, 0.3) is 0 Å². The smallest absolute Gasteiger partial charge is 0.417 e. The molecular formula is C25H31ClF3N3O5S. The number of rotatable bonds is 11. The van der Waals surface area contributed by atoms with Crippen molar-refractivity contribution in [1.82, 2.24) is 10.2 Å². The molecule has 0 heterocycles. The van der Waals surface area contributed by atoms with Gasteiger partial charge < -0.3 is 15.0 Å². The zero-order valence-electron chi connectivity index (χ0n) is 21.7. The number of nitrogens with one attached hydrogen (secondary N) is 1. The van der Waals surface area contributed by atoms with Crippen molar-refractivity contribution in [3.05, 3.63) is 58.6 Å². The van der Waals surface area contributed by atoms with Crippen LogP contribution in [0, 0.1) is 0 Å². The SMILES string of the molecule is CC[C@@H](C(=O)NC(C)C)N(Cc1cccc(OC)c1)C(=O)CN(c1ccc(Cl)c(C(F)(F)F)c1)S(C)(=O)=O. The van der Waals surface area contributed by atoms with Gasteiger partial charge in [-0.1, -0.05) is 30.7 Å². The summed E-state index contributed by atoms with van der Waals surface area (Å²) >= 11 is 5.69. The second-order valence-corrected chi connectivity index (χ2v) is 11.2. The number of amides is 2. The van der Waals surface area contributed by atoms with Crippen molar-refractivity contribution < 1.29 is 35.9 Å². The topological polar surface area (TPSA) is 96.0 Å². The number of benzene rings is 2. The Balaban J connectivity index is 2.54. The van der Waals surface area contributed by atoms with Crippen LogP contribution in [0.25, 0.3) is 0 Å². The largest absolute Gasteiger partial charge is 0.497 e. The Labute approximate surface area is 225 Å². The summed E-state index contributed by atoms with van der Waals surface area (Å²) in [5, 5.41) is 2.14. The van der Waals surface area contributed by atoms with E-state index in [-0.39, 0.29) is 19.0 Å². The molecule has 0 radical (unpaired) electrons. The van der Waals surface area contributed by atoms with Gasteiger partial charge in [-0.05, 0) is 56.2 Å². The van der Waals surface area contributed by atoms with E-state index >= 15 is 0 Å². The molecule has 1 atom stereocenters. The summed E-state index contributed by atoms with van der Waals surface area (Å²) in [6, 6.07) is 8.13. The van der Waals surface area contributed by atoms with Crippen LogP contribution in [-0.2, 0) is 32.3 Å². The second kappa shape index (κ2) is 12.7. The van der Waals surface area contributed by atoms with Gasteiger partial charge in [-0.2, -0.15) is 13.2 Å². The molecular weight excluding hydrogens is 547 g/mol. The van der Waals surface area contributed by atoms with Crippen LogP contribution in [0.5, 0.6) is 5.75 Å². The van der Waals surface area contributed by atoms with Gasteiger partial charge in [0.15, 0.2) is 0 Å². The van der Waals surface area contributed by atoms with E-state index in [9.17, 15) is 31.2 Å². The summed E-state index contributed by atoms with van der Waals surface area (Å²) in [5.41, 5.74) is -1.03. The average Bonchev–Trinajstić information content (AvgIpc) is 2.81. The van der Waals surface area contributed by atoms with Gasteiger partial charge in [0, 0.05) is 12.6 Å². The molecule has 0 saturated heterocycles. The first kappa shape index (κ1) is 31.2. The average molecular weight is 578 g/mol. The second-order valence-electron chi connectivity index (χ2n) is 8.89. The van der Waals surface area contributed by atoms with E-state index in [1.54, 1.807) is 45.0 Å².